The summed E-state index contributed by atoms with van der Waals surface area (Å²) in [6.45, 7) is 1.15. The Bertz CT molecular complexity index is 1230. The van der Waals surface area contributed by atoms with Gasteiger partial charge in [-0.15, -0.1) is 0 Å². The number of pyridine rings is 1. The Kier molecular flexibility index (Phi) is 6.26. The van der Waals surface area contributed by atoms with E-state index in [0.717, 1.165) is 24.9 Å². The lowest BCUT2D eigenvalue weighted by Gasteiger charge is -2.25. The summed E-state index contributed by atoms with van der Waals surface area (Å²) in [7, 11) is 1.52. The van der Waals surface area contributed by atoms with Crippen molar-refractivity contribution in [3.8, 4) is 5.75 Å². The molecule has 2 fully saturated rings. The number of amides is 1. The minimum atomic E-state index is -2.81. The molecule has 4 heterocycles. The summed E-state index contributed by atoms with van der Waals surface area (Å²) in [4.78, 5) is 22.4. The van der Waals surface area contributed by atoms with Gasteiger partial charge in [0.2, 0.25) is 5.91 Å². The fourth-order valence-corrected chi connectivity index (χ4v) is 4.72. The second-order valence-corrected chi connectivity index (χ2v) is 8.67. The number of methoxy groups -OCH3 is 1. The smallest absolute Gasteiger partial charge is 0.295 e. The van der Waals surface area contributed by atoms with Gasteiger partial charge < -0.3 is 19.7 Å². The normalized spacial score (nSPS) is 18.8. The predicted octanol–water partition coefficient (Wildman–Crippen LogP) is 5.60. The summed E-state index contributed by atoms with van der Waals surface area (Å²) in [5.41, 5.74) is 2.21. The molecule has 2 aliphatic rings. The molecule has 0 bridgehead atoms. The van der Waals surface area contributed by atoms with E-state index in [9.17, 15) is 13.6 Å². The molecule has 1 aromatic carbocycles. The Balaban J connectivity index is 1.56. The number of nitrogens with one attached hydrogen (secondary N) is 1. The molecule has 0 saturated carbocycles. The number of carbonyl (C=O) groups excluding carboxylic acids is 1. The van der Waals surface area contributed by atoms with E-state index >= 15 is 0 Å². The SMILES string of the molecule is COc1cc(N2CCCC2=O)ccc1Nc1cc(Cl)nc2c1nc(C(F)F)n2C1CCCCO1. The van der Waals surface area contributed by atoms with Crippen molar-refractivity contribution in [2.75, 3.05) is 30.5 Å². The van der Waals surface area contributed by atoms with Gasteiger partial charge in [0, 0.05) is 37.4 Å². The van der Waals surface area contributed by atoms with E-state index in [-0.39, 0.29) is 22.2 Å². The zero-order valence-electron chi connectivity index (χ0n) is 18.6. The Labute approximate surface area is 199 Å². The molecule has 0 spiro atoms. The van der Waals surface area contributed by atoms with E-state index in [0.29, 0.717) is 43.1 Å². The highest BCUT2D eigenvalue weighted by atomic mass is 35.5. The van der Waals surface area contributed by atoms with Crippen LogP contribution in [0.25, 0.3) is 11.2 Å². The summed E-state index contributed by atoms with van der Waals surface area (Å²) >= 11 is 6.29. The second-order valence-electron chi connectivity index (χ2n) is 8.29. The van der Waals surface area contributed by atoms with E-state index in [2.05, 4.69) is 15.3 Å². The van der Waals surface area contributed by atoms with Crippen molar-refractivity contribution in [1.82, 2.24) is 14.5 Å². The third-order valence-electron chi connectivity index (χ3n) is 6.12. The standard InChI is InChI=1S/C23H24ClF2N5O3/c1-33-16-11-13(30-9-4-5-18(30)32)7-8-14(16)27-15-12-17(24)28-22-20(15)29-23(21(25)26)31(22)19-6-2-3-10-34-19/h7-8,11-12,19,21H,2-6,9-10H2,1H3,(H,27,28). The molecule has 2 aliphatic heterocycles. The molecule has 3 aromatic rings. The lowest BCUT2D eigenvalue weighted by atomic mass is 10.2. The van der Waals surface area contributed by atoms with Crippen LogP contribution in [0.2, 0.25) is 5.15 Å². The van der Waals surface area contributed by atoms with Crippen LogP contribution in [-0.4, -0.2) is 40.7 Å². The van der Waals surface area contributed by atoms with Crippen LogP contribution in [0.15, 0.2) is 24.3 Å². The number of hydrogen-bond donors (Lipinski definition) is 1. The molecular formula is C23H24ClF2N5O3. The lowest BCUT2D eigenvalue weighted by Crippen LogP contribution is -2.23. The van der Waals surface area contributed by atoms with E-state index in [1.807, 2.05) is 6.07 Å². The summed E-state index contributed by atoms with van der Waals surface area (Å²) in [6.07, 6.45) is 0.289. The molecule has 0 aliphatic carbocycles. The van der Waals surface area contributed by atoms with Gasteiger partial charge in [-0.1, -0.05) is 11.6 Å². The number of nitrogens with zero attached hydrogens (tertiary/aromatic N) is 4. The molecule has 2 saturated heterocycles. The van der Waals surface area contributed by atoms with Crippen molar-refractivity contribution in [2.45, 2.75) is 44.8 Å². The maximum atomic E-state index is 14.0. The van der Waals surface area contributed by atoms with Gasteiger partial charge >= 0.3 is 0 Å². The molecule has 2 aromatic heterocycles. The predicted molar refractivity (Wildman–Crippen MR) is 124 cm³/mol. The average molecular weight is 492 g/mol. The van der Waals surface area contributed by atoms with Crippen LogP contribution in [0.1, 0.15) is 50.6 Å². The third kappa shape index (κ3) is 4.16. The molecule has 1 atom stereocenters. The maximum absolute atomic E-state index is 14.0. The molecule has 0 radical (unpaired) electrons. The third-order valence-corrected chi connectivity index (χ3v) is 6.32. The Morgan fingerprint density at radius 2 is 2.06 bits per heavy atom. The summed E-state index contributed by atoms with van der Waals surface area (Å²) < 4.78 is 40.6. The number of anilines is 3. The fourth-order valence-electron chi connectivity index (χ4n) is 4.53. The topological polar surface area (TPSA) is 81.5 Å². The van der Waals surface area contributed by atoms with E-state index < -0.39 is 18.5 Å². The number of alkyl halides is 2. The second kappa shape index (κ2) is 9.34. The Hall–Kier alpha value is -2.98. The minimum absolute atomic E-state index is 0.0698. The van der Waals surface area contributed by atoms with Crippen LogP contribution in [-0.2, 0) is 9.53 Å². The van der Waals surface area contributed by atoms with Crippen LogP contribution in [0.4, 0.5) is 25.8 Å². The number of halogens is 3. The van der Waals surface area contributed by atoms with Gasteiger partial charge in [0.05, 0.1) is 18.5 Å². The first-order valence-corrected chi connectivity index (χ1v) is 11.6. The van der Waals surface area contributed by atoms with Gasteiger partial charge in [0.1, 0.15) is 22.6 Å². The van der Waals surface area contributed by atoms with Crippen molar-refractivity contribution >= 4 is 45.7 Å². The monoisotopic (exact) mass is 491 g/mol. The quantitative estimate of drug-likeness (QED) is 0.452. The number of benzene rings is 1. The molecule has 5 rings (SSSR count). The highest BCUT2D eigenvalue weighted by molar-refractivity contribution is 6.30. The van der Waals surface area contributed by atoms with E-state index in [1.54, 1.807) is 17.0 Å². The van der Waals surface area contributed by atoms with Crippen molar-refractivity contribution in [3.05, 3.63) is 35.2 Å². The highest BCUT2D eigenvalue weighted by Gasteiger charge is 2.29. The molecule has 34 heavy (non-hydrogen) atoms. The first kappa shape index (κ1) is 22.8. The van der Waals surface area contributed by atoms with Gasteiger partial charge in [0.15, 0.2) is 11.5 Å². The fraction of sp³-hybridized carbons (Fsp3) is 0.435. The summed E-state index contributed by atoms with van der Waals surface area (Å²) in [5.74, 6) is 0.150. The summed E-state index contributed by atoms with van der Waals surface area (Å²) in [6, 6.07) is 6.89. The van der Waals surface area contributed by atoms with E-state index in [1.165, 1.54) is 17.7 Å². The summed E-state index contributed by atoms with van der Waals surface area (Å²) in [5, 5.41) is 3.33. The Morgan fingerprint density at radius 3 is 2.74 bits per heavy atom. The molecular weight excluding hydrogens is 468 g/mol. The number of aromatic nitrogens is 3. The molecule has 11 heteroatoms. The van der Waals surface area contributed by atoms with Crippen molar-refractivity contribution in [3.63, 3.8) is 0 Å². The van der Waals surface area contributed by atoms with Crippen molar-refractivity contribution in [1.29, 1.82) is 0 Å². The van der Waals surface area contributed by atoms with Crippen LogP contribution in [0.3, 0.4) is 0 Å². The Morgan fingerprint density at radius 1 is 1.21 bits per heavy atom. The zero-order valence-corrected chi connectivity index (χ0v) is 19.3. The van der Waals surface area contributed by atoms with Gasteiger partial charge in [-0.3, -0.25) is 9.36 Å². The number of imidazole rings is 1. The van der Waals surface area contributed by atoms with Crippen molar-refractivity contribution < 1.29 is 23.0 Å². The minimum Gasteiger partial charge on any atom is -0.494 e. The first-order valence-electron chi connectivity index (χ1n) is 11.2. The first-order chi connectivity index (χ1) is 16.5. The molecule has 1 amide bonds. The van der Waals surface area contributed by atoms with Crippen molar-refractivity contribution in [2.24, 2.45) is 0 Å². The van der Waals surface area contributed by atoms with Crippen LogP contribution < -0.4 is 15.0 Å². The number of fused-ring (bicyclic) bond motifs is 1. The molecule has 1 N–H and O–H groups in total. The lowest BCUT2D eigenvalue weighted by molar-refractivity contribution is -0.117. The molecule has 8 nitrogen and oxygen atoms in total. The number of rotatable bonds is 6. The van der Waals surface area contributed by atoms with Gasteiger partial charge in [-0.2, -0.15) is 0 Å². The number of hydrogen-bond acceptors (Lipinski definition) is 6. The van der Waals surface area contributed by atoms with Gasteiger partial charge in [0.25, 0.3) is 6.43 Å². The number of ether oxygens (including phenoxy) is 2. The highest BCUT2D eigenvalue weighted by Crippen LogP contribution is 2.38. The molecule has 180 valence electrons. The largest absolute Gasteiger partial charge is 0.494 e. The maximum Gasteiger partial charge on any atom is 0.295 e. The van der Waals surface area contributed by atoms with Gasteiger partial charge in [-0.05, 0) is 37.8 Å². The van der Waals surface area contributed by atoms with Crippen LogP contribution in [0.5, 0.6) is 5.75 Å². The number of carbonyl (C=O) groups is 1. The van der Waals surface area contributed by atoms with Gasteiger partial charge in [-0.25, -0.2) is 18.7 Å². The molecule has 1 unspecified atom stereocenters. The zero-order chi connectivity index (χ0) is 23.8. The average Bonchev–Trinajstić information content (AvgIpc) is 3.43. The van der Waals surface area contributed by atoms with Crippen LogP contribution >= 0.6 is 11.6 Å². The van der Waals surface area contributed by atoms with Crippen LogP contribution in [0, 0.1) is 0 Å². The van der Waals surface area contributed by atoms with E-state index in [4.69, 9.17) is 21.1 Å².